The number of Topliss-reactive ketones (excluding diaryl/α,β-unsaturated/α-hetero) is 1. The van der Waals surface area contributed by atoms with Crippen LogP contribution < -0.4 is 5.32 Å². The molecule has 4 rings (SSSR count). The highest BCUT2D eigenvalue weighted by Crippen LogP contribution is 2.36. The van der Waals surface area contributed by atoms with E-state index in [0.29, 0.717) is 12.3 Å². The largest absolute Gasteiger partial charge is 0.467 e. The van der Waals surface area contributed by atoms with Gasteiger partial charge in [0.05, 0.1) is 11.1 Å². The predicted molar refractivity (Wildman–Crippen MR) is 99.3 cm³/mol. The first-order valence-electron chi connectivity index (χ1n) is 9.26. The van der Waals surface area contributed by atoms with Crippen LogP contribution in [-0.4, -0.2) is 17.9 Å². The molecule has 0 bridgehead atoms. The quantitative estimate of drug-likeness (QED) is 0.812. The molecule has 1 fully saturated rings. The zero-order chi connectivity index (χ0) is 19.9. The van der Waals surface area contributed by atoms with Crippen LogP contribution in [0.15, 0.2) is 54.4 Å². The molecule has 1 atom stereocenters. The topological polar surface area (TPSA) is 38.3 Å². The van der Waals surface area contributed by atoms with Crippen LogP contribution >= 0.6 is 0 Å². The molecule has 1 saturated carbocycles. The predicted octanol–water partition coefficient (Wildman–Crippen LogP) is 4.65. The lowest BCUT2D eigenvalue weighted by molar-refractivity contribution is -0.137. The minimum absolute atomic E-state index is 0.204. The number of hydrogen-bond acceptors (Lipinski definition) is 3. The minimum Gasteiger partial charge on any atom is -0.467 e. The summed E-state index contributed by atoms with van der Waals surface area (Å²) in [5, 5.41) is 3.17. The van der Waals surface area contributed by atoms with Crippen LogP contribution in [-0.2, 0) is 22.1 Å². The summed E-state index contributed by atoms with van der Waals surface area (Å²) in [6.07, 6.45) is -2.92. The van der Waals surface area contributed by atoms with Gasteiger partial charge in [-0.05, 0) is 43.0 Å². The molecule has 1 heterocycles. The molecule has 0 spiro atoms. The molecular formula is C22H20F3NO2. The Labute approximate surface area is 161 Å². The maximum absolute atomic E-state index is 13.1. The Morgan fingerprint density at radius 3 is 2.54 bits per heavy atom. The summed E-state index contributed by atoms with van der Waals surface area (Å²) in [5.41, 5.74) is 1.68. The van der Waals surface area contributed by atoms with Crippen molar-refractivity contribution in [3.63, 3.8) is 0 Å². The van der Waals surface area contributed by atoms with E-state index in [1.165, 1.54) is 12.1 Å². The van der Waals surface area contributed by atoms with Crippen molar-refractivity contribution in [2.45, 2.75) is 44.5 Å². The van der Waals surface area contributed by atoms with Gasteiger partial charge in [-0.15, -0.1) is 0 Å². The van der Waals surface area contributed by atoms with Crippen LogP contribution in [0.25, 0.3) is 5.57 Å². The van der Waals surface area contributed by atoms with Crippen molar-refractivity contribution in [2.24, 2.45) is 0 Å². The second kappa shape index (κ2) is 7.00. The number of ketones is 1. The molecule has 2 aromatic rings. The first kappa shape index (κ1) is 18.6. The van der Waals surface area contributed by atoms with Gasteiger partial charge in [0.15, 0.2) is 12.0 Å². The number of nitrogens with one attached hydrogen (secondary N) is 1. The van der Waals surface area contributed by atoms with Crippen LogP contribution in [0.5, 0.6) is 0 Å². The second-order valence-electron chi connectivity index (χ2n) is 7.37. The SMILES string of the molecule is Cc1cccc(CC2OC(NC3CC3)=C(c3cccc(C(F)(F)F)c3)C2=O)c1. The monoisotopic (exact) mass is 387 g/mol. The van der Waals surface area contributed by atoms with Gasteiger partial charge in [-0.2, -0.15) is 13.2 Å². The Bertz CT molecular complexity index is 945. The van der Waals surface area contributed by atoms with Gasteiger partial charge < -0.3 is 10.1 Å². The summed E-state index contributed by atoms with van der Waals surface area (Å²) in [4.78, 5) is 13.1. The Hall–Kier alpha value is -2.76. The van der Waals surface area contributed by atoms with Crippen LogP contribution in [0.4, 0.5) is 13.2 Å². The zero-order valence-electron chi connectivity index (χ0n) is 15.3. The van der Waals surface area contributed by atoms with E-state index >= 15 is 0 Å². The van der Waals surface area contributed by atoms with Gasteiger partial charge in [-0.25, -0.2) is 0 Å². The molecule has 0 radical (unpaired) electrons. The summed E-state index contributed by atoms with van der Waals surface area (Å²) in [6.45, 7) is 1.97. The van der Waals surface area contributed by atoms with E-state index in [2.05, 4.69) is 5.32 Å². The summed E-state index contributed by atoms with van der Waals surface area (Å²) in [5.74, 6) is 0.00783. The van der Waals surface area contributed by atoms with Crippen molar-refractivity contribution in [1.29, 1.82) is 0 Å². The number of ether oxygens (including phenoxy) is 1. The van der Waals surface area contributed by atoms with E-state index in [1.807, 2.05) is 31.2 Å². The van der Waals surface area contributed by atoms with Crippen LogP contribution in [0.2, 0.25) is 0 Å². The van der Waals surface area contributed by atoms with E-state index in [1.54, 1.807) is 0 Å². The van der Waals surface area contributed by atoms with E-state index < -0.39 is 17.8 Å². The van der Waals surface area contributed by atoms with Crippen LogP contribution in [0.3, 0.4) is 0 Å². The van der Waals surface area contributed by atoms with Crippen LogP contribution in [0, 0.1) is 6.92 Å². The van der Waals surface area contributed by atoms with Crippen molar-refractivity contribution < 1.29 is 22.7 Å². The number of alkyl halides is 3. The maximum atomic E-state index is 13.1. The molecule has 0 amide bonds. The van der Waals surface area contributed by atoms with Crippen molar-refractivity contribution in [3.8, 4) is 0 Å². The molecule has 28 heavy (non-hydrogen) atoms. The van der Waals surface area contributed by atoms with E-state index in [-0.39, 0.29) is 23.0 Å². The summed E-state index contributed by atoms with van der Waals surface area (Å²) in [6, 6.07) is 12.8. The number of hydrogen-bond donors (Lipinski definition) is 1. The smallest absolute Gasteiger partial charge is 0.416 e. The average molecular weight is 387 g/mol. The normalized spacial score (nSPS) is 19.7. The third-order valence-corrected chi connectivity index (χ3v) is 4.92. The Balaban J connectivity index is 1.65. The molecule has 1 aliphatic heterocycles. The number of halogens is 3. The fraction of sp³-hybridized carbons (Fsp3) is 0.318. The Kier molecular flexibility index (Phi) is 4.65. The standard InChI is InChI=1S/C22H20F3NO2/c1-13-4-2-5-14(10-13)11-18-20(27)19(21(28-18)26-17-8-9-17)15-6-3-7-16(12-15)22(23,24)25/h2-7,10,12,17-18,26H,8-9,11H2,1H3. The molecule has 2 aromatic carbocycles. The van der Waals surface area contributed by atoms with E-state index in [4.69, 9.17) is 4.74 Å². The fourth-order valence-electron chi connectivity index (χ4n) is 3.36. The van der Waals surface area contributed by atoms with Crippen molar-refractivity contribution in [3.05, 3.63) is 76.7 Å². The number of rotatable bonds is 5. The number of carbonyl (C=O) groups is 1. The molecule has 0 aromatic heterocycles. The van der Waals surface area contributed by atoms with Gasteiger partial charge in [-0.1, -0.05) is 42.0 Å². The van der Waals surface area contributed by atoms with Gasteiger partial charge in [0.2, 0.25) is 5.78 Å². The highest BCUT2D eigenvalue weighted by molar-refractivity contribution is 6.25. The van der Waals surface area contributed by atoms with E-state index in [0.717, 1.165) is 36.1 Å². The van der Waals surface area contributed by atoms with Crippen molar-refractivity contribution >= 4 is 11.4 Å². The number of aryl methyl sites for hydroxylation is 1. The summed E-state index contributed by atoms with van der Waals surface area (Å²) < 4.78 is 45.3. The second-order valence-corrected chi connectivity index (χ2v) is 7.37. The average Bonchev–Trinajstić information content (AvgIpc) is 3.39. The highest BCUT2D eigenvalue weighted by atomic mass is 19.4. The lowest BCUT2D eigenvalue weighted by Crippen LogP contribution is -2.22. The first-order valence-corrected chi connectivity index (χ1v) is 9.26. The molecule has 1 N–H and O–H groups in total. The first-order chi connectivity index (χ1) is 13.3. The molecule has 1 unspecified atom stereocenters. The van der Waals surface area contributed by atoms with Gasteiger partial charge in [0.1, 0.15) is 0 Å². The Morgan fingerprint density at radius 1 is 1.11 bits per heavy atom. The molecule has 3 nitrogen and oxygen atoms in total. The van der Waals surface area contributed by atoms with Crippen molar-refractivity contribution in [1.82, 2.24) is 5.32 Å². The van der Waals surface area contributed by atoms with Gasteiger partial charge >= 0.3 is 6.18 Å². The van der Waals surface area contributed by atoms with Crippen molar-refractivity contribution in [2.75, 3.05) is 0 Å². The van der Waals surface area contributed by atoms with Gasteiger partial charge in [0, 0.05) is 12.5 Å². The molecule has 0 saturated heterocycles. The third kappa shape index (κ3) is 3.91. The zero-order valence-corrected chi connectivity index (χ0v) is 15.3. The molecule has 1 aliphatic carbocycles. The molecular weight excluding hydrogens is 367 g/mol. The minimum atomic E-state index is -4.47. The highest BCUT2D eigenvalue weighted by Gasteiger charge is 2.39. The fourth-order valence-corrected chi connectivity index (χ4v) is 3.36. The number of carbonyl (C=O) groups excluding carboxylic acids is 1. The summed E-state index contributed by atoms with van der Waals surface area (Å²) in [7, 11) is 0. The third-order valence-electron chi connectivity index (χ3n) is 4.92. The number of benzene rings is 2. The lowest BCUT2D eigenvalue weighted by Gasteiger charge is -2.13. The molecule has 146 valence electrons. The van der Waals surface area contributed by atoms with Gasteiger partial charge in [-0.3, -0.25) is 4.79 Å². The van der Waals surface area contributed by atoms with E-state index in [9.17, 15) is 18.0 Å². The molecule has 6 heteroatoms. The maximum Gasteiger partial charge on any atom is 0.416 e. The Morgan fingerprint density at radius 2 is 1.86 bits per heavy atom. The summed E-state index contributed by atoms with van der Waals surface area (Å²) >= 11 is 0. The van der Waals surface area contributed by atoms with Gasteiger partial charge in [0.25, 0.3) is 0 Å². The molecule has 2 aliphatic rings. The lowest BCUT2D eigenvalue weighted by atomic mass is 9.95. The van der Waals surface area contributed by atoms with Crippen LogP contribution in [0.1, 0.15) is 35.1 Å².